The number of hydrogen-bond donors (Lipinski definition) is 2. The first kappa shape index (κ1) is 10.1. The number of carboxylic acids is 1. The molecule has 4 nitrogen and oxygen atoms in total. The standard InChI is InChI=1S/C9H7BFO4P/c11-4-1-2-5-8(7(4)9(12)13)15-10(14)6-3-16(5)6/h1-2,6,14H,3H2,(H,12,13). The van der Waals surface area contributed by atoms with Crippen LogP contribution in [0.25, 0.3) is 0 Å². The molecule has 0 radical (unpaired) electrons. The minimum Gasteiger partial charge on any atom is -0.535 e. The van der Waals surface area contributed by atoms with E-state index in [9.17, 15) is 14.2 Å². The maximum atomic E-state index is 13.4. The molecular weight excluding hydrogens is 233 g/mol. The monoisotopic (exact) mass is 240 g/mol. The summed E-state index contributed by atoms with van der Waals surface area (Å²) in [5, 5.41) is 19.2. The summed E-state index contributed by atoms with van der Waals surface area (Å²) >= 11 is 0. The summed E-state index contributed by atoms with van der Waals surface area (Å²) in [5.41, 5.74) is -0.376. The molecule has 7 heteroatoms. The molecule has 1 aromatic rings. The van der Waals surface area contributed by atoms with Gasteiger partial charge in [-0.05, 0) is 18.3 Å². The molecule has 0 bridgehead atoms. The van der Waals surface area contributed by atoms with Gasteiger partial charge in [0.25, 0.3) is 0 Å². The minimum atomic E-state index is -1.36. The van der Waals surface area contributed by atoms with Gasteiger partial charge in [0.2, 0.25) is 0 Å². The maximum Gasteiger partial charge on any atom is 0.531 e. The van der Waals surface area contributed by atoms with Crippen LogP contribution in [0.15, 0.2) is 12.1 Å². The Bertz CT molecular complexity index is 495. The molecule has 1 saturated heterocycles. The van der Waals surface area contributed by atoms with E-state index in [1.165, 1.54) is 0 Å². The van der Waals surface area contributed by atoms with Crippen LogP contribution in [0.4, 0.5) is 4.39 Å². The summed E-state index contributed by atoms with van der Waals surface area (Å²) in [6.45, 7) is 0. The number of carbonyl (C=O) groups is 1. The molecule has 0 aromatic heterocycles. The summed E-state index contributed by atoms with van der Waals surface area (Å²) in [6.07, 6.45) is 0.828. The summed E-state index contributed by atoms with van der Waals surface area (Å²) in [6, 6.07) is 2.72. The highest BCUT2D eigenvalue weighted by atomic mass is 31.1. The first-order valence-electron chi connectivity index (χ1n) is 4.77. The van der Waals surface area contributed by atoms with Crippen molar-refractivity contribution in [1.82, 2.24) is 0 Å². The third-order valence-corrected chi connectivity index (χ3v) is 5.35. The molecule has 1 fully saturated rings. The summed E-state index contributed by atoms with van der Waals surface area (Å²) in [5.74, 6) is -2.18. The highest BCUT2D eigenvalue weighted by Crippen LogP contribution is 2.62. The summed E-state index contributed by atoms with van der Waals surface area (Å²) < 4.78 is 18.5. The van der Waals surface area contributed by atoms with Crippen molar-refractivity contribution in [1.29, 1.82) is 0 Å². The van der Waals surface area contributed by atoms with Gasteiger partial charge in [0.1, 0.15) is 17.1 Å². The van der Waals surface area contributed by atoms with Crippen molar-refractivity contribution in [3.63, 3.8) is 0 Å². The molecule has 2 N–H and O–H groups in total. The van der Waals surface area contributed by atoms with Gasteiger partial charge in [-0.3, -0.25) is 0 Å². The molecule has 0 spiro atoms. The number of carboxylic acid groups (broad SMARTS) is 1. The zero-order valence-corrected chi connectivity index (χ0v) is 8.95. The van der Waals surface area contributed by atoms with Crippen LogP contribution in [0.3, 0.4) is 0 Å². The van der Waals surface area contributed by atoms with Crippen molar-refractivity contribution in [2.75, 3.05) is 6.16 Å². The van der Waals surface area contributed by atoms with Crippen molar-refractivity contribution in [3.8, 4) is 5.75 Å². The van der Waals surface area contributed by atoms with Crippen LogP contribution in [0.2, 0.25) is 0 Å². The van der Waals surface area contributed by atoms with Crippen LogP contribution < -0.4 is 9.96 Å². The second-order valence-corrected chi connectivity index (χ2v) is 6.25. The maximum absolute atomic E-state index is 13.4. The Morgan fingerprint density at radius 1 is 1.62 bits per heavy atom. The van der Waals surface area contributed by atoms with E-state index in [1.807, 2.05) is 0 Å². The lowest BCUT2D eigenvalue weighted by atomic mass is 9.86. The summed E-state index contributed by atoms with van der Waals surface area (Å²) in [7, 11) is -1.53. The van der Waals surface area contributed by atoms with E-state index in [-0.39, 0.29) is 11.3 Å². The fraction of sp³-hybridized carbons (Fsp3) is 0.222. The number of hydrogen-bond acceptors (Lipinski definition) is 3. The van der Waals surface area contributed by atoms with E-state index in [0.29, 0.717) is 0 Å². The van der Waals surface area contributed by atoms with Crippen molar-refractivity contribution in [2.45, 2.75) is 5.56 Å². The molecule has 2 aliphatic rings. The predicted molar refractivity (Wildman–Crippen MR) is 57.2 cm³/mol. The number of halogens is 1. The molecule has 2 aliphatic heterocycles. The second-order valence-electron chi connectivity index (χ2n) is 3.80. The Balaban J connectivity index is 2.19. The number of aromatic carboxylic acids is 1. The quantitative estimate of drug-likeness (QED) is 0.551. The molecule has 0 aliphatic carbocycles. The Hall–Kier alpha value is -1.13. The van der Waals surface area contributed by atoms with Crippen molar-refractivity contribution in [3.05, 3.63) is 23.5 Å². The third-order valence-electron chi connectivity index (χ3n) is 2.83. The highest BCUT2D eigenvalue weighted by Gasteiger charge is 2.54. The second kappa shape index (κ2) is 3.18. The lowest BCUT2D eigenvalue weighted by Gasteiger charge is -2.20. The van der Waals surface area contributed by atoms with Gasteiger partial charge in [-0.2, -0.15) is 0 Å². The molecule has 3 rings (SSSR count). The Morgan fingerprint density at radius 2 is 2.38 bits per heavy atom. The van der Waals surface area contributed by atoms with Crippen LogP contribution >= 0.6 is 7.92 Å². The van der Waals surface area contributed by atoms with Crippen LogP contribution in [0.1, 0.15) is 10.4 Å². The topological polar surface area (TPSA) is 66.8 Å². The van der Waals surface area contributed by atoms with E-state index < -0.39 is 32.4 Å². The molecule has 2 atom stereocenters. The van der Waals surface area contributed by atoms with Gasteiger partial charge < -0.3 is 14.8 Å². The largest absolute Gasteiger partial charge is 0.535 e. The zero-order valence-electron chi connectivity index (χ0n) is 8.05. The van der Waals surface area contributed by atoms with E-state index in [2.05, 4.69) is 0 Å². The average molecular weight is 240 g/mol. The average Bonchev–Trinajstić information content (AvgIpc) is 2.96. The fourth-order valence-electron chi connectivity index (χ4n) is 1.97. The van der Waals surface area contributed by atoms with Crippen LogP contribution in [0.5, 0.6) is 5.75 Å². The number of rotatable bonds is 1. The molecular formula is C9H7BFO4P. The third kappa shape index (κ3) is 1.27. The van der Waals surface area contributed by atoms with Gasteiger partial charge in [0.15, 0.2) is 0 Å². The first-order chi connectivity index (χ1) is 7.59. The minimum absolute atomic E-state index is 0.0138. The van der Waals surface area contributed by atoms with E-state index in [4.69, 9.17) is 9.76 Å². The first-order valence-corrected chi connectivity index (χ1v) is 6.36. The molecule has 82 valence electrons. The van der Waals surface area contributed by atoms with Gasteiger partial charge in [-0.1, -0.05) is 7.92 Å². The molecule has 0 amide bonds. The molecule has 2 heterocycles. The number of fused-ring (bicyclic) bond motifs is 3. The van der Waals surface area contributed by atoms with Gasteiger partial charge in [-0.25, -0.2) is 9.18 Å². The highest BCUT2D eigenvalue weighted by molar-refractivity contribution is 7.76. The van der Waals surface area contributed by atoms with E-state index in [1.54, 1.807) is 6.07 Å². The summed E-state index contributed by atoms with van der Waals surface area (Å²) in [4.78, 5) is 10.9. The number of benzene rings is 1. The zero-order chi connectivity index (χ0) is 11.4. The SMILES string of the molecule is O=C(O)c1c(F)ccc2c1OB(O)C1CP21. The van der Waals surface area contributed by atoms with Crippen molar-refractivity contribution >= 4 is 26.3 Å². The normalized spacial score (nSPS) is 25.5. The lowest BCUT2D eigenvalue weighted by molar-refractivity contribution is 0.0689. The van der Waals surface area contributed by atoms with Gasteiger partial charge in [0, 0.05) is 10.9 Å². The fourth-order valence-corrected chi connectivity index (χ4v) is 4.32. The van der Waals surface area contributed by atoms with Gasteiger partial charge in [0.05, 0.1) is 0 Å². The van der Waals surface area contributed by atoms with E-state index >= 15 is 0 Å². The van der Waals surface area contributed by atoms with Gasteiger partial charge in [-0.15, -0.1) is 0 Å². The van der Waals surface area contributed by atoms with Crippen LogP contribution in [0, 0.1) is 5.82 Å². The van der Waals surface area contributed by atoms with Crippen LogP contribution in [-0.2, 0) is 0 Å². The van der Waals surface area contributed by atoms with Crippen molar-refractivity contribution in [2.24, 2.45) is 0 Å². The Labute approximate surface area is 91.9 Å². The lowest BCUT2D eigenvalue weighted by Crippen LogP contribution is -2.34. The van der Waals surface area contributed by atoms with Crippen molar-refractivity contribution < 1.29 is 24.0 Å². The smallest absolute Gasteiger partial charge is 0.531 e. The molecule has 0 saturated carbocycles. The molecule has 16 heavy (non-hydrogen) atoms. The predicted octanol–water partition coefficient (Wildman–Crippen LogP) is 0.425. The molecule has 2 unspecified atom stereocenters. The van der Waals surface area contributed by atoms with Crippen LogP contribution in [-0.4, -0.2) is 34.9 Å². The molecule has 1 aromatic carbocycles. The van der Waals surface area contributed by atoms with Gasteiger partial charge >= 0.3 is 13.1 Å². The van der Waals surface area contributed by atoms with E-state index in [0.717, 1.165) is 17.5 Å². The Morgan fingerprint density at radius 3 is 3.06 bits per heavy atom. The Kier molecular flexibility index (Phi) is 2.00.